The number of nitrogens with one attached hydrogen (secondary N) is 2. The predicted octanol–water partition coefficient (Wildman–Crippen LogP) is 3.18. The monoisotopic (exact) mass is 258 g/mol. The molecule has 0 aliphatic heterocycles. The molecule has 0 unspecified atom stereocenters. The second kappa shape index (κ2) is 5.64. The van der Waals surface area contributed by atoms with Gasteiger partial charge >= 0.3 is 0 Å². The normalized spacial score (nSPS) is 19.4. The number of benzene rings is 1. The summed E-state index contributed by atoms with van der Waals surface area (Å²) in [6.45, 7) is 1.06. The van der Waals surface area contributed by atoms with E-state index in [1.807, 2.05) is 24.3 Å². The van der Waals surface area contributed by atoms with Crippen molar-refractivity contribution in [3.63, 3.8) is 0 Å². The smallest absolute Gasteiger partial charge is 0.251 e. The first kappa shape index (κ1) is 12.5. The topological polar surface area (TPSA) is 41.1 Å². The largest absolute Gasteiger partial charge is 0.385 e. The van der Waals surface area contributed by atoms with Crippen LogP contribution < -0.4 is 10.6 Å². The van der Waals surface area contributed by atoms with E-state index in [1.165, 1.54) is 25.7 Å². The van der Waals surface area contributed by atoms with Crippen LogP contribution in [0.4, 0.5) is 5.69 Å². The molecule has 2 aliphatic rings. The van der Waals surface area contributed by atoms with Crippen LogP contribution in [0.2, 0.25) is 0 Å². The third kappa shape index (κ3) is 3.49. The number of carbonyl (C=O) groups excluding carboxylic acids is 1. The zero-order valence-electron chi connectivity index (χ0n) is 11.3. The lowest BCUT2D eigenvalue weighted by atomic mass is 10.1. The number of rotatable bonds is 5. The van der Waals surface area contributed by atoms with Gasteiger partial charge in [-0.15, -0.1) is 0 Å². The SMILES string of the molecule is O=C(NC1CC1)c1ccc(NCC2CCCC2)cc1. The predicted molar refractivity (Wildman–Crippen MR) is 77.4 cm³/mol. The lowest BCUT2D eigenvalue weighted by Gasteiger charge is -2.12. The molecule has 19 heavy (non-hydrogen) atoms. The van der Waals surface area contributed by atoms with E-state index in [2.05, 4.69) is 10.6 Å². The maximum absolute atomic E-state index is 11.8. The average Bonchev–Trinajstić information content (AvgIpc) is 3.09. The molecule has 2 aliphatic carbocycles. The molecule has 1 aromatic carbocycles. The molecular formula is C16H22N2O. The highest BCUT2D eigenvalue weighted by molar-refractivity contribution is 5.94. The second-order valence-corrected chi connectivity index (χ2v) is 5.86. The molecule has 1 amide bonds. The van der Waals surface area contributed by atoms with Crippen LogP contribution in [0, 0.1) is 5.92 Å². The van der Waals surface area contributed by atoms with Crippen molar-refractivity contribution in [2.75, 3.05) is 11.9 Å². The van der Waals surface area contributed by atoms with Crippen molar-refractivity contribution in [2.24, 2.45) is 5.92 Å². The van der Waals surface area contributed by atoms with E-state index in [1.54, 1.807) is 0 Å². The molecule has 2 fully saturated rings. The highest BCUT2D eigenvalue weighted by Gasteiger charge is 2.23. The quantitative estimate of drug-likeness (QED) is 0.851. The maximum Gasteiger partial charge on any atom is 0.251 e. The summed E-state index contributed by atoms with van der Waals surface area (Å²) in [7, 11) is 0. The van der Waals surface area contributed by atoms with Gasteiger partial charge in [0.15, 0.2) is 0 Å². The maximum atomic E-state index is 11.8. The van der Waals surface area contributed by atoms with Crippen LogP contribution in [0.25, 0.3) is 0 Å². The summed E-state index contributed by atoms with van der Waals surface area (Å²) in [5, 5.41) is 6.48. The van der Waals surface area contributed by atoms with E-state index in [-0.39, 0.29) is 5.91 Å². The van der Waals surface area contributed by atoms with Crippen LogP contribution in [-0.4, -0.2) is 18.5 Å². The Labute approximate surface area is 114 Å². The van der Waals surface area contributed by atoms with Crippen molar-refractivity contribution >= 4 is 11.6 Å². The van der Waals surface area contributed by atoms with Gasteiger partial charge in [-0.1, -0.05) is 12.8 Å². The summed E-state index contributed by atoms with van der Waals surface area (Å²) >= 11 is 0. The molecule has 102 valence electrons. The van der Waals surface area contributed by atoms with Crippen molar-refractivity contribution in [3.05, 3.63) is 29.8 Å². The summed E-state index contributed by atoms with van der Waals surface area (Å²) in [6, 6.07) is 8.27. The van der Waals surface area contributed by atoms with Gasteiger partial charge in [0.1, 0.15) is 0 Å². The Balaban J connectivity index is 1.51. The summed E-state index contributed by atoms with van der Waals surface area (Å²) < 4.78 is 0. The fourth-order valence-corrected chi connectivity index (χ4v) is 2.71. The number of carbonyl (C=O) groups is 1. The lowest BCUT2D eigenvalue weighted by Crippen LogP contribution is -2.25. The zero-order valence-corrected chi connectivity index (χ0v) is 11.3. The lowest BCUT2D eigenvalue weighted by molar-refractivity contribution is 0.0951. The Morgan fingerprint density at radius 1 is 1.05 bits per heavy atom. The molecule has 0 heterocycles. The van der Waals surface area contributed by atoms with Gasteiger partial charge in [-0.2, -0.15) is 0 Å². The molecule has 3 heteroatoms. The zero-order chi connectivity index (χ0) is 13.1. The van der Waals surface area contributed by atoms with Gasteiger partial charge in [-0.25, -0.2) is 0 Å². The van der Waals surface area contributed by atoms with Crippen LogP contribution in [0.1, 0.15) is 48.9 Å². The molecule has 0 spiro atoms. The van der Waals surface area contributed by atoms with Gasteiger partial charge in [0.05, 0.1) is 0 Å². The van der Waals surface area contributed by atoms with E-state index in [0.29, 0.717) is 6.04 Å². The van der Waals surface area contributed by atoms with Crippen LogP contribution >= 0.6 is 0 Å². The number of hydrogen-bond acceptors (Lipinski definition) is 2. The molecule has 3 rings (SSSR count). The Morgan fingerprint density at radius 3 is 2.37 bits per heavy atom. The minimum atomic E-state index is 0.0600. The Morgan fingerprint density at radius 2 is 1.74 bits per heavy atom. The van der Waals surface area contributed by atoms with E-state index in [4.69, 9.17) is 0 Å². The van der Waals surface area contributed by atoms with Gasteiger partial charge in [0, 0.05) is 23.8 Å². The number of anilines is 1. The third-order valence-corrected chi connectivity index (χ3v) is 4.13. The third-order valence-electron chi connectivity index (χ3n) is 4.13. The Hall–Kier alpha value is -1.51. The highest BCUT2D eigenvalue weighted by atomic mass is 16.1. The summed E-state index contributed by atoms with van der Waals surface area (Å²) in [4.78, 5) is 11.8. The van der Waals surface area contributed by atoms with Crippen LogP contribution in [0.15, 0.2) is 24.3 Å². The van der Waals surface area contributed by atoms with Gasteiger partial charge < -0.3 is 10.6 Å². The highest BCUT2D eigenvalue weighted by Crippen LogP contribution is 2.25. The minimum absolute atomic E-state index is 0.0600. The first-order valence-corrected chi connectivity index (χ1v) is 7.46. The molecule has 0 radical (unpaired) electrons. The molecular weight excluding hydrogens is 236 g/mol. The van der Waals surface area contributed by atoms with E-state index in [0.717, 1.165) is 36.6 Å². The molecule has 3 nitrogen and oxygen atoms in total. The fourth-order valence-electron chi connectivity index (χ4n) is 2.71. The van der Waals surface area contributed by atoms with Crippen LogP contribution in [-0.2, 0) is 0 Å². The molecule has 2 N–H and O–H groups in total. The molecule has 0 saturated heterocycles. The van der Waals surface area contributed by atoms with Crippen molar-refractivity contribution in [3.8, 4) is 0 Å². The van der Waals surface area contributed by atoms with Gasteiger partial charge in [-0.3, -0.25) is 4.79 Å². The minimum Gasteiger partial charge on any atom is -0.385 e. The Bertz CT molecular complexity index is 431. The summed E-state index contributed by atoms with van der Waals surface area (Å²) in [5.74, 6) is 0.891. The van der Waals surface area contributed by atoms with Crippen molar-refractivity contribution < 1.29 is 4.79 Å². The van der Waals surface area contributed by atoms with Gasteiger partial charge in [0.2, 0.25) is 0 Å². The van der Waals surface area contributed by atoms with Gasteiger partial charge in [0.25, 0.3) is 5.91 Å². The number of amides is 1. The van der Waals surface area contributed by atoms with E-state index >= 15 is 0 Å². The van der Waals surface area contributed by atoms with Crippen LogP contribution in [0.5, 0.6) is 0 Å². The van der Waals surface area contributed by atoms with Crippen molar-refractivity contribution in [1.82, 2.24) is 5.32 Å². The first-order chi connectivity index (χ1) is 9.31. The molecule has 0 bridgehead atoms. The average molecular weight is 258 g/mol. The Kier molecular flexibility index (Phi) is 3.72. The second-order valence-electron chi connectivity index (χ2n) is 5.86. The summed E-state index contributed by atoms with van der Waals surface area (Å²) in [5.41, 5.74) is 1.88. The molecule has 0 atom stereocenters. The molecule has 0 aromatic heterocycles. The number of hydrogen-bond donors (Lipinski definition) is 2. The fraction of sp³-hybridized carbons (Fsp3) is 0.562. The van der Waals surface area contributed by atoms with Crippen LogP contribution in [0.3, 0.4) is 0 Å². The molecule has 1 aromatic rings. The standard InChI is InChI=1S/C16H22N2O/c19-16(18-15-9-10-15)13-5-7-14(8-6-13)17-11-12-3-1-2-4-12/h5-8,12,15,17H,1-4,9-11H2,(H,18,19). The van der Waals surface area contributed by atoms with Crippen molar-refractivity contribution in [2.45, 2.75) is 44.6 Å². The van der Waals surface area contributed by atoms with Crippen molar-refractivity contribution in [1.29, 1.82) is 0 Å². The first-order valence-electron chi connectivity index (χ1n) is 7.46. The van der Waals surface area contributed by atoms with E-state index < -0.39 is 0 Å². The summed E-state index contributed by atoms with van der Waals surface area (Å²) in [6.07, 6.45) is 7.74. The van der Waals surface area contributed by atoms with Gasteiger partial charge in [-0.05, 0) is 55.9 Å². The van der Waals surface area contributed by atoms with E-state index in [9.17, 15) is 4.79 Å². The molecule has 2 saturated carbocycles.